The van der Waals surface area contributed by atoms with Gasteiger partial charge in [0.15, 0.2) is 5.13 Å². The molecule has 0 bridgehead atoms. The van der Waals surface area contributed by atoms with E-state index in [1.54, 1.807) is 16.8 Å². The van der Waals surface area contributed by atoms with Gasteiger partial charge in [0.2, 0.25) is 0 Å². The molecule has 0 saturated heterocycles. The van der Waals surface area contributed by atoms with E-state index in [0.717, 1.165) is 27.0 Å². The number of nitrogens with zero attached hydrogens (tertiary/aromatic N) is 3. The Labute approximate surface area is 137 Å². The highest BCUT2D eigenvalue weighted by Gasteiger charge is 2.12. The summed E-state index contributed by atoms with van der Waals surface area (Å²) in [5.74, 6) is -0.236. The highest BCUT2D eigenvalue weighted by Crippen LogP contribution is 2.31. The average molecular weight is 332 g/mol. The van der Waals surface area contributed by atoms with Crippen LogP contribution in [0.2, 0.25) is 0 Å². The first kappa shape index (κ1) is 15.6. The van der Waals surface area contributed by atoms with Crippen molar-refractivity contribution in [1.29, 1.82) is 0 Å². The molecular formula is C16H17FN4OS. The molecule has 23 heavy (non-hydrogen) atoms. The average Bonchev–Trinajstić information content (AvgIpc) is 3.14. The summed E-state index contributed by atoms with van der Waals surface area (Å²) in [4.78, 5) is 5.51. The van der Waals surface area contributed by atoms with Crippen molar-refractivity contribution in [2.75, 3.05) is 11.9 Å². The minimum absolute atomic E-state index is 0.0628. The van der Waals surface area contributed by atoms with E-state index < -0.39 is 0 Å². The Morgan fingerprint density at radius 2 is 2.04 bits per heavy atom. The Bertz CT molecular complexity index is 782. The summed E-state index contributed by atoms with van der Waals surface area (Å²) in [5.41, 5.74) is 2.75. The quantitative estimate of drug-likeness (QED) is 0.728. The molecule has 0 spiro atoms. The van der Waals surface area contributed by atoms with Crippen molar-refractivity contribution in [3.8, 4) is 10.6 Å². The fourth-order valence-corrected chi connectivity index (χ4v) is 3.13. The number of benzene rings is 1. The van der Waals surface area contributed by atoms with Crippen LogP contribution in [0.15, 0.2) is 36.5 Å². The maximum absolute atomic E-state index is 12.9. The molecule has 3 aromatic rings. The molecule has 0 unspecified atom stereocenters. The summed E-state index contributed by atoms with van der Waals surface area (Å²) < 4.78 is 14.6. The van der Waals surface area contributed by atoms with Crippen molar-refractivity contribution in [2.24, 2.45) is 0 Å². The second kappa shape index (κ2) is 6.89. The van der Waals surface area contributed by atoms with E-state index in [1.807, 2.05) is 19.2 Å². The van der Waals surface area contributed by atoms with Gasteiger partial charge in [-0.2, -0.15) is 5.10 Å². The van der Waals surface area contributed by atoms with Crippen LogP contribution < -0.4 is 5.32 Å². The summed E-state index contributed by atoms with van der Waals surface area (Å²) in [7, 11) is 0. The maximum Gasteiger partial charge on any atom is 0.183 e. The molecule has 0 aliphatic heterocycles. The molecule has 0 radical (unpaired) electrons. The van der Waals surface area contributed by atoms with E-state index in [4.69, 9.17) is 5.11 Å². The minimum atomic E-state index is -0.236. The van der Waals surface area contributed by atoms with Gasteiger partial charge in [-0.05, 0) is 30.7 Å². The zero-order chi connectivity index (χ0) is 16.2. The molecule has 1 aromatic carbocycles. The zero-order valence-electron chi connectivity index (χ0n) is 12.7. The standard InChI is InChI=1S/C16H17FN4OS/c1-11-15(14-6-7-21(20-14)8-9-22)23-16(19-11)18-10-12-2-4-13(17)5-3-12/h2-7,22H,8-10H2,1H3,(H,18,19). The van der Waals surface area contributed by atoms with Gasteiger partial charge in [0.25, 0.3) is 0 Å². The van der Waals surface area contributed by atoms with Crippen LogP contribution in [0.3, 0.4) is 0 Å². The Kier molecular flexibility index (Phi) is 4.68. The Hall–Kier alpha value is -2.25. The first-order chi connectivity index (χ1) is 11.2. The van der Waals surface area contributed by atoms with Gasteiger partial charge in [-0.1, -0.05) is 23.5 Å². The smallest absolute Gasteiger partial charge is 0.183 e. The van der Waals surface area contributed by atoms with E-state index in [2.05, 4.69) is 15.4 Å². The third-order valence-corrected chi connectivity index (χ3v) is 4.49. The van der Waals surface area contributed by atoms with Crippen LogP contribution in [0, 0.1) is 12.7 Å². The molecule has 120 valence electrons. The first-order valence-corrected chi connectivity index (χ1v) is 8.08. The van der Waals surface area contributed by atoms with Crippen LogP contribution in [0.5, 0.6) is 0 Å². The highest BCUT2D eigenvalue weighted by atomic mass is 32.1. The van der Waals surface area contributed by atoms with Crippen LogP contribution >= 0.6 is 11.3 Å². The lowest BCUT2D eigenvalue weighted by molar-refractivity contribution is 0.269. The lowest BCUT2D eigenvalue weighted by Gasteiger charge is -2.02. The Morgan fingerprint density at radius 3 is 2.78 bits per heavy atom. The summed E-state index contributed by atoms with van der Waals surface area (Å²) in [6.07, 6.45) is 1.84. The van der Waals surface area contributed by atoms with Crippen LogP contribution in [0.4, 0.5) is 9.52 Å². The number of halogens is 1. The van der Waals surface area contributed by atoms with E-state index >= 15 is 0 Å². The number of aromatic nitrogens is 3. The van der Waals surface area contributed by atoms with Gasteiger partial charge in [-0.25, -0.2) is 9.37 Å². The van der Waals surface area contributed by atoms with Crippen molar-refractivity contribution in [3.05, 3.63) is 53.6 Å². The lowest BCUT2D eigenvalue weighted by Crippen LogP contribution is -2.02. The van der Waals surface area contributed by atoms with Gasteiger partial charge in [0.1, 0.15) is 11.5 Å². The third kappa shape index (κ3) is 3.75. The van der Waals surface area contributed by atoms with Crippen molar-refractivity contribution < 1.29 is 9.50 Å². The second-order valence-electron chi connectivity index (χ2n) is 5.10. The SMILES string of the molecule is Cc1nc(NCc2ccc(F)cc2)sc1-c1ccn(CCO)n1. The molecular weight excluding hydrogens is 315 g/mol. The van der Waals surface area contributed by atoms with Gasteiger partial charge in [-0.15, -0.1) is 0 Å². The van der Waals surface area contributed by atoms with Crippen molar-refractivity contribution in [2.45, 2.75) is 20.0 Å². The lowest BCUT2D eigenvalue weighted by atomic mass is 10.2. The molecule has 0 atom stereocenters. The van der Waals surface area contributed by atoms with Gasteiger partial charge < -0.3 is 10.4 Å². The highest BCUT2D eigenvalue weighted by molar-refractivity contribution is 7.19. The fraction of sp³-hybridized carbons (Fsp3) is 0.250. The number of thiazole rings is 1. The number of aliphatic hydroxyl groups excluding tert-OH is 1. The predicted molar refractivity (Wildman–Crippen MR) is 88.9 cm³/mol. The first-order valence-electron chi connectivity index (χ1n) is 7.26. The maximum atomic E-state index is 12.9. The predicted octanol–water partition coefficient (Wildman–Crippen LogP) is 3.06. The van der Waals surface area contributed by atoms with Crippen LogP contribution in [0.1, 0.15) is 11.3 Å². The summed E-state index contributed by atoms with van der Waals surface area (Å²) in [6, 6.07) is 8.31. The normalized spacial score (nSPS) is 10.9. The number of hydrogen-bond donors (Lipinski definition) is 2. The van der Waals surface area contributed by atoms with Crippen LogP contribution in [-0.2, 0) is 13.1 Å². The van der Waals surface area contributed by atoms with Crippen LogP contribution in [0.25, 0.3) is 10.6 Å². The second-order valence-corrected chi connectivity index (χ2v) is 6.10. The van der Waals surface area contributed by atoms with Crippen LogP contribution in [-0.4, -0.2) is 26.5 Å². The van der Waals surface area contributed by atoms with Crippen molar-refractivity contribution in [3.63, 3.8) is 0 Å². The number of aliphatic hydroxyl groups is 1. The minimum Gasteiger partial charge on any atom is -0.394 e. The largest absolute Gasteiger partial charge is 0.394 e. The summed E-state index contributed by atoms with van der Waals surface area (Å²) >= 11 is 1.53. The molecule has 5 nitrogen and oxygen atoms in total. The molecule has 7 heteroatoms. The molecule has 0 aliphatic carbocycles. The van der Waals surface area contributed by atoms with Crippen molar-refractivity contribution >= 4 is 16.5 Å². The van der Waals surface area contributed by atoms with Gasteiger partial charge in [0.05, 0.1) is 23.7 Å². The molecule has 0 saturated carbocycles. The number of nitrogens with one attached hydrogen (secondary N) is 1. The molecule has 2 N–H and O–H groups in total. The van der Waals surface area contributed by atoms with Crippen molar-refractivity contribution in [1.82, 2.24) is 14.8 Å². The van der Waals surface area contributed by atoms with E-state index in [0.29, 0.717) is 13.1 Å². The van der Waals surface area contributed by atoms with Gasteiger partial charge in [0, 0.05) is 12.7 Å². The van der Waals surface area contributed by atoms with E-state index in [1.165, 1.54) is 23.5 Å². The van der Waals surface area contributed by atoms with Gasteiger partial charge >= 0.3 is 0 Å². The topological polar surface area (TPSA) is 63.0 Å². The Morgan fingerprint density at radius 1 is 1.26 bits per heavy atom. The molecule has 2 aromatic heterocycles. The Balaban J connectivity index is 1.71. The van der Waals surface area contributed by atoms with E-state index in [9.17, 15) is 4.39 Å². The zero-order valence-corrected chi connectivity index (χ0v) is 13.5. The molecule has 3 rings (SSSR count). The molecule has 2 heterocycles. The molecule has 0 amide bonds. The summed E-state index contributed by atoms with van der Waals surface area (Å²) in [5, 5.41) is 17.4. The number of aryl methyl sites for hydroxylation is 1. The fourth-order valence-electron chi connectivity index (χ4n) is 2.20. The van der Waals surface area contributed by atoms with Gasteiger partial charge in [-0.3, -0.25) is 4.68 Å². The summed E-state index contributed by atoms with van der Waals surface area (Å²) in [6.45, 7) is 3.08. The third-order valence-electron chi connectivity index (χ3n) is 3.36. The monoisotopic (exact) mass is 332 g/mol. The molecule has 0 aliphatic rings. The van der Waals surface area contributed by atoms with E-state index in [-0.39, 0.29) is 12.4 Å². The number of anilines is 1. The number of hydrogen-bond acceptors (Lipinski definition) is 5. The number of rotatable bonds is 6. The molecule has 0 fully saturated rings.